The highest BCUT2D eigenvalue weighted by Crippen LogP contribution is 2.18. The van der Waals surface area contributed by atoms with E-state index < -0.39 is 11.7 Å². The molecule has 0 saturated heterocycles. The molecule has 106 valence electrons. The lowest BCUT2D eigenvalue weighted by Crippen LogP contribution is -2.11. The maximum Gasteiger partial charge on any atom is 0.160 e. The molecule has 0 radical (unpaired) electrons. The van der Waals surface area contributed by atoms with Crippen LogP contribution in [0.4, 0.5) is 8.78 Å². The van der Waals surface area contributed by atoms with Crippen molar-refractivity contribution >= 4 is 0 Å². The molecule has 0 spiro atoms. The summed E-state index contributed by atoms with van der Waals surface area (Å²) in [6.07, 6.45) is 3.11. The van der Waals surface area contributed by atoms with E-state index in [1.165, 1.54) is 6.08 Å². The average molecular weight is 277 g/mol. The molecule has 0 unspecified atom stereocenters. The SMILES string of the molecule is C=C/C=C(F)\C(F)=C/C(=C)NCc1ccccc1OC. The summed E-state index contributed by atoms with van der Waals surface area (Å²) < 4.78 is 31.6. The largest absolute Gasteiger partial charge is 0.496 e. The maximum absolute atomic E-state index is 13.3. The van der Waals surface area contributed by atoms with Crippen molar-refractivity contribution in [2.75, 3.05) is 7.11 Å². The zero-order valence-corrected chi connectivity index (χ0v) is 11.3. The number of nitrogens with one attached hydrogen (secondary N) is 1. The number of hydrogen-bond donors (Lipinski definition) is 1. The summed E-state index contributed by atoms with van der Waals surface area (Å²) in [6.45, 7) is 7.32. The first kappa shape index (κ1) is 15.7. The molecule has 0 aliphatic carbocycles. The van der Waals surface area contributed by atoms with E-state index in [0.717, 1.165) is 23.5 Å². The number of allylic oxidation sites excluding steroid dienone is 5. The Morgan fingerprint density at radius 3 is 2.65 bits per heavy atom. The summed E-state index contributed by atoms with van der Waals surface area (Å²) in [4.78, 5) is 0. The molecule has 0 saturated carbocycles. The molecule has 0 amide bonds. The van der Waals surface area contributed by atoms with Gasteiger partial charge >= 0.3 is 0 Å². The highest BCUT2D eigenvalue weighted by atomic mass is 19.2. The van der Waals surface area contributed by atoms with Crippen LogP contribution in [0.5, 0.6) is 5.75 Å². The van der Waals surface area contributed by atoms with Crippen LogP contribution in [-0.4, -0.2) is 7.11 Å². The van der Waals surface area contributed by atoms with E-state index in [2.05, 4.69) is 18.5 Å². The van der Waals surface area contributed by atoms with Gasteiger partial charge in [-0.15, -0.1) is 0 Å². The van der Waals surface area contributed by atoms with Crippen molar-refractivity contribution in [3.05, 3.63) is 78.6 Å². The standard InChI is InChI=1S/C16H17F2NO/c1-4-7-14(17)15(18)10-12(2)19-11-13-8-5-6-9-16(13)20-3/h4-10,19H,1-2,11H2,3H3/b14-7+,15-10+. The van der Waals surface area contributed by atoms with Crippen molar-refractivity contribution in [2.24, 2.45) is 0 Å². The molecule has 1 rings (SSSR count). The van der Waals surface area contributed by atoms with E-state index >= 15 is 0 Å². The second kappa shape index (κ2) is 7.94. The first-order valence-corrected chi connectivity index (χ1v) is 5.99. The third-order valence-electron chi connectivity index (χ3n) is 2.49. The first-order valence-electron chi connectivity index (χ1n) is 5.99. The Kier molecular flexibility index (Phi) is 6.23. The Morgan fingerprint density at radius 1 is 1.30 bits per heavy atom. The van der Waals surface area contributed by atoms with E-state index in [0.29, 0.717) is 6.54 Å². The molecule has 0 atom stereocenters. The average Bonchev–Trinajstić information content (AvgIpc) is 2.45. The van der Waals surface area contributed by atoms with Gasteiger partial charge in [0.25, 0.3) is 0 Å². The lowest BCUT2D eigenvalue weighted by molar-refractivity contribution is 0.408. The van der Waals surface area contributed by atoms with E-state index in [1.807, 2.05) is 24.3 Å². The zero-order valence-electron chi connectivity index (χ0n) is 11.3. The van der Waals surface area contributed by atoms with Gasteiger partial charge in [-0.1, -0.05) is 37.4 Å². The smallest absolute Gasteiger partial charge is 0.160 e. The van der Waals surface area contributed by atoms with Crippen LogP contribution in [0.15, 0.2) is 73.0 Å². The van der Waals surface area contributed by atoms with E-state index in [-0.39, 0.29) is 5.70 Å². The van der Waals surface area contributed by atoms with E-state index in [1.54, 1.807) is 7.11 Å². The number of benzene rings is 1. The van der Waals surface area contributed by atoms with E-state index in [4.69, 9.17) is 4.74 Å². The van der Waals surface area contributed by atoms with Crippen LogP contribution in [0.25, 0.3) is 0 Å². The summed E-state index contributed by atoms with van der Waals surface area (Å²) in [6, 6.07) is 7.41. The van der Waals surface area contributed by atoms with Gasteiger partial charge in [0.1, 0.15) is 5.75 Å². The molecule has 0 aliphatic rings. The Hall–Kier alpha value is -2.36. The van der Waals surface area contributed by atoms with Crippen LogP contribution in [0.2, 0.25) is 0 Å². The normalized spacial score (nSPS) is 11.9. The molecule has 0 bridgehead atoms. The fraction of sp³-hybridized carbons (Fsp3) is 0.125. The lowest BCUT2D eigenvalue weighted by Gasteiger charge is -2.10. The van der Waals surface area contributed by atoms with Crippen molar-refractivity contribution < 1.29 is 13.5 Å². The van der Waals surface area contributed by atoms with Gasteiger partial charge in [-0.2, -0.15) is 0 Å². The maximum atomic E-state index is 13.3. The van der Waals surface area contributed by atoms with Crippen LogP contribution >= 0.6 is 0 Å². The highest BCUT2D eigenvalue weighted by molar-refractivity contribution is 5.34. The fourth-order valence-electron chi connectivity index (χ4n) is 1.51. The van der Waals surface area contributed by atoms with Gasteiger partial charge in [-0.05, 0) is 18.2 Å². The van der Waals surface area contributed by atoms with Crippen molar-refractivity contribution in [3.63, 3.8) is 0 Å². The van der Waals surface area contributed by atoms with Crippen LogP contribution in [0.3, 0.4) is 0 Å². The van der Waals surface area contributed by atoms with Gasteiger partial charge in [0.15, 0.2) is 11.7 Å². The third-order valence-corrected chi connectivity index (χ3v) is 2.49. The summed E-state index contributed by atoms with van der Waals surface area (Å²) >= 11 is 0. The molecule has 0 heterocycles. The Balaban J connectivity index is 2.66. The second-order valence-electron chi connectivity index (χ2n) is 3.93. The van der Waals surface area contributed by atoms with Gasteiger partial charge in [-0.25, -0.2) is 8.78 Å². The predicted molar refractivity (Wildman–Crippen MR) is 77.6 cm³/mol. The molecular weight excluding hydrogens is 260 g/mol. The fourth-order valence-corrected chi connectivity index (χ4v) is 1.51. The minimum absolute atomic E-state index is 0.265. The number of rotatable bonds is 7. The molecule has 1 N–H and O–H groups in total. The Morgan fingerprint density at radius 2 is 2.00 bits per heavy atom. The molecule has 0 fully saturated rings. The minimum atomic E-state index is -0.998. The van der Waals surface area contributed by atoms with Crippen LogP contribution < -0.4 is 10.1 Å². The monoisotopic (exact) mass is 277 g/mol. The van der Waals surface area contributed by atoms with E-state index in [9.17, 15) is 8.78 Å². The number of ether oxygens (including phenoxy) is 1. The molecule has 4 heteroatoms. The van der Waals surface area contributed by atoms with Crippen molar-refractivity contribution in [2.45, 2.75) is 6.54 Å². The van der Waals surface area contributed by atoms with Crippen molar-refractivity contribution in [3.8, 4) is 5.75 Å². The number of methoxy groups -OCH3 is 1. The topological polar surface area (TPSA) is 21.3 Å². The Bertz CT molecular complexity index is 547. The lowest BCUT2D eigenvalue weighted by atomic mass is 10.2. The summed E-state index contributed by atoms with van der Waals surface area (Å²) in [5, 5.41) is 2.89. The third kappa shape index (κ3) is 4.72. The molecule has 1 aromatic carbocycles. The molecule has 20 heavy (non-hydrogen) atoms. The zero-order chi connectivity index (χ0) is 15.0. The Labute approximate surface area is 117 Å². The molecule has 2 nitrogen and oxygen atoms in total. The quantitative estimate of drug-likeness (QED) is 0.754. The van der Waals surface area contributed by atoms with Crippen molar-refractivity contribution in [1.29, 1.82) is 0 Å². The van der Waals surface area contributed by atoms with Gasteiger partial charge in [0, 0.05) is 17.8 Å². The van der Waals surface area contributed by atoms with Gasteiger partial charge in [0.2, 0.25) is 0 Å². The summed E-state index contributed by atoms with van der Waals surface area (Å²) in [7, 11) is 1.57. The molecule has 0 aromatic heterocycles. The number of hydrogen-bond acceptors (Lipinski definition) is 2. The summed E-state index contributed by atoms with van der Waals surface area (Å²) in [5.74, 6) is -1.27. The van der Waals surface area contributed by atoms with Gasteiger partial charge in [0.05, 0.1) is 7.11 Å². The minimum Gasteiger partial charge on any atom is -0.496 e. The molecule has 0 aliphatic heterocycles. The summed E-state index contributed by atoms with van der Waals surface area (Å²) in [5.41, 5.74) is 1.16. The van der Waals surface area contributed by atoms with Gasteiger partial charge < -0.3 is 10.1 Å². The molecular formula is C16H17F2NO. The predicted octanol–water partition coefficient (Wildman–Crippen LogP) is 4.19. The first-order chi connectivity index (χ1) is 9.58. The highest BCUT2D eigenvalue weighted by Gasteiger charge is 2.04. The van der Waals surface area contributed by atoms with Crippen LogP contribution in [0, 0.1) is 0 Å². The number of para-hydroxylation sites is 1. The molecule has 1 aromatic rings. The van der Waals surface area contributed by atoms with Gasteiger partial charge in [-0.3, -0.25) is 0 Å². The van der Waals surface area contributed by atoms with Crippen LogP contribution in [-0.2, 0) is 6.54 Å². The number of halogens is 2. The second-order valence-corrected chi connectivity index (χ2v) is 3.93. The van der Waals surface area contributed by atoms with Crippen molar-refractivity contribution in [1.82, 2.24) is 5.32 Å². The van der Waals surface area contributed by atoms with Crippen LogP contribution in [0.1, 0.15) is 5.56 Å².